The van der Waals surface area contributed by atoms with Gasteiger partial charge in [-0.1, -0.05) is 42.5 Å². The van der Waals surface area contributed by atoms with Gasteiger partial charge >= 0.3 is 0 Å². The van der Waals surface area contributed by atoms with Gasteiger partial charge < -0.3 is 15.4 Å². The highest BCUT2D eigenvalue weighted by Gasteiger charge is 2.34. The first kappa shape index (κ1) is 50.1. The number of carbonyl (C=O) groups is 4. The van der Waals surface area contributed by atoms with Crippen molar-refractivity contribution in [1.82, 2.24) is 34.6 Å². The predicted molar refractivity (Wildman–Crippen MR) is 275 cm³/mol. The van der Waals surface area contributed by atoms with Crippen molar-refractivity contribution in [3.05, 3.63) is 244 Å². The number of aromatic nitrogens is 4. The average Bonchev–Trinajstić information content (AvgIpc) is 3.64. The molecule has 0 atom stereocenters. The summed E-state index contributed by atoms with van der Waals surface area (Å²) in [5, 5.41) is 5.66. The first-order valence-electron chi connectivity index (χ1n) is 24.1. The highest BCUT2D eigenvalue weighted by molar-refractivity contribution is 6.21. The number of nitrogens with one attached hydrogen (secondary N) is 2. The largest absolute Gasteiger partial charge is 0.494 e. The number of amides is 4. The monoisotopic (exact) mass is 991 g/mol. The maximum atomic E-state index is 13.6. The standard InChI is InChI=1S/C58H51F2N9O5/c59-44-23-19-42(20-24-44)55(70)65-53-17-9-13-48(63-53)38-67(36-46-11-3-5-27-61-46)34-40-31-41(33-50(32-40)74-30-8-7-29-69-57(72)51-15-1-2-16-52(51)58(69)73)35-68(37-47-12-4-6-28-62-47)39-49-14-10-18-54(64-49)66-56(71)43-21-25-45(60)26-22-43/h1-6,9-28,31-33H,7-8,29-30,34-39H2,(H,63,65,70)(H,64,66,71). The topological polar surface area (TPSA) is 163 Å². The van der Waals surface area contributed by atoms with Crippen LogP contribution in [0, 0.1) is 11.6 Å². The highest BCUT2D eigenvalue weighted by atomic mass is 19.1. The van der Waals surface area contributed by atoms with E-state index >= 15 is 0 Å². The number of anilines is 2. The van der Waals surface area contributed by atoms with Gasteiger partial charge in [-0.2, -0.15) is 0 Å². The molecule has 4 amide bonds. The highest BCUT2D eigenvalue weighted by Crippen LogP contribution is 2.26. The van der Waals surface area contributed by atoms with Crippen molar-refractivity contribution >= 4 is 35.3 Å². The molecular formula is C58H51F2N9O5. The maximum absolute atomic E-state index is 13.6. The lowest BCUT2D eigenvalue weighted by molar-refractivity contribution is 0.0649. The van der Waals surface area contributed by atoms with Crippen molar-refractivity contribution in [2.45, 2.75) is 52.1 Å². The Morgan fingerprint density at radius 2 is 0.946 bits per heavy atom. The number of imide groups is 1. The third-order valence-electron chi connectivity index (χ3n) is 12.1. The third kappa shape index (κ3) is 13.5. The minimum atomic E-state index is -0.439. The fourth-order valence-electron chi connectivity index (χ4n) is 8.60. The Kier molecular flexibility index (Phi) is 16.3. The van der Waals surface area contributed by atoms with E-state index in [0.717, 1.165) is 22.5 Å². The molecule has 1 aliphatic rings. The molecule has 0 spiro atoms. The zero-order chi connectivity index (χ0) is 51.2. The summed E-state index contributed by atoms with van der Waals surface area (Å²) < 4.78 is 33.7. The Labute approximate surface area is 426 Å². The second kappa shape index (κ2) is 24.0. The molecule has 8 aromatic rings. The number of halogens is 2. The summed E-state index contributed by atoms with van der Waals surface area (Å²) in [5.74, 6) is -0.969. The number of carbonyl (C=O) groups excluding carboxylic acids is 4. The van der Waals surface area contributed by atoms with E-state index in [1.807, 2.05) is 72.8 Å². The van der Waals surface area contributed by atoms with Gasteiger partial charge in [0.1, 0.15) is 29.0 Å². The summed E-state index contributed by atoms with van der Waals surface area (Å²) in [6.45, 7) is 3.13. The smallest absolute Gasteiger partial charge is 0.261 e. The van der Waals surface area contributed by atoms with Crippen molar-refractivity contribution in [2.75, 3.05) is 23.8 Å². The molecular weight excluding hydrogens is 941 g/mol. The van der Waals surface area contributed by atoms with Crippen molar-refractivity contribution in [3.63, 3.8) is 0 Å². The molecule has 1 aliphatic heterocycles. The predicted octanol–water partition coefficient (Wildman–Crippen LogP) is 9.91. The van der Waals surface area contributed by atoms with Crippen LogP contribution in [0.25, 0.3) is 0 Å². The van der Waals surface area contributed by atoms with Crippen LogP contribution in [-0.4, -0.2) is 71.4 Å². The molecule has 9 rings (SSSR count). The minimum absolute atomic E-state index is 0.266. The molecule has 0 aliphatic carbocycles. The van der Waals surface area contributed by atoms with Crippen LogP contribution >= 0.6 is 0 Å². The lowest BCUT2D eigenvalue weighted by Gasteiger charge is -2.25. The van der Waals surface area contributed by atoms with Crippen molar-refractivity contribution in [3.8, 4) is 5.75 Å². The van der Waals surface area contributed by atoms with E-state index in [9.17, 15) is 28.0 Å². The number of pyridine rings is 4. The van der Waals surface area contributed by atoms with Crippen LogP contribution in [-0.2, 0) is 39.3 Å². The van der Waals surface area contributed by atoms with Gasteiger partial charge in [0.15, 0.2) is 0 Å². The quantitative estimate of drug-likeness (QED) is 0.0491. The molecule has 0 saturated heterocycles. The first-order valence-corrected chi connectivity index (χ1v) is 24.1. The van der Waals surface area contributed by atoms with Gasteiger partial charge in [-0.05, 0) is 145 Å². The van der Waals surface area contributed by atoms with Gasteiger partial charge in [-0.3, -0.25) is 43.8 Å². The molecule has 5 heterocycles. The third-order valence-corrected chi connectivity index (χ3v) is 12.1. The Morgan fingerprint density at radius 1 is 0.500 bits per heavy atom. The molecule has 4 aromatic heterocycles. The molecule has 0 fully saturated rings. The van der Waals surface area contributed by atoms with Crippen LogP contribution in [0.2, 0.25) is 0 Å². The Bertz CT molecular complexity index is 3030. The summed E-state index contributed by atoms with van der Waals surface area (Å²) in [7, 11) is 0. The van der Waals surface area contributed by atoms with Gasteiger partial charge in [-0.15, -0.1) is 0 Å². The summed E-state index contributed by atoms with van der Waals surface area (Å²) in [4.78, 5) is 76.8. The first-order chi connectivity index (χ1) is 36.1. The average molecular weight is 992 g/mol. The maximum Gasteiger partial charge on any atom is 0.261 e. The fraction of sp³-hybridized carbons (Fsp3) is 0.172. The molecule has 0 bridgehead atoms. The van der Waals surface area contributed by atoms with Gasteiger partial charge in [-0.25, -0.2) is 18.7 Å². The fourth-order valence-corrected chi connectivity index (χ4v) is 8.60. The molecule has 372 valence electrons. The normalized spacial score (nSPS) is 12.0. The summed E-state index contributed by atoms with van der Waals surface area (Å²) >= 11 is 0. The van der Waals surface area contributed by atoms with Crippen LogP contribution in [0.3, 0.4) is 0 Å². The van der Waals surface area contributed by atoms with E-state index in [2.05, 4.69) is 36.5 Å². The molecule has 4 aromatic carbocycles. The van der Waals surface area contributed by atoms with Crippen molar-refractivity contribution < 1.29 is 32.7 Å². The van der Waals surface area contributed by atoms with E-state index in [0.29, 0.717) is 110 Å². The number of fused-ring (bicyclic) bond motifs is 1. The zero-order valence-corrected chi connectivity index (χ0v) is 40.2. The zero-order valence-electron chi connectivity index (χ0n) is 40.2. The lowest BCUT2D eigenvalue weighted by Crippen LogP contribution is -2.30. The van der Waals surface area contributed by atoms with E-state index < -0.39 is 23.4 Å². The summed E-state index contributed by atoms with van der Waals surface area (Å²) in [6.07, 6.45) is 4.61. The Hall–Kier alpha value is -8.86. The van der Waals surface area contributed by atoms with E-state index in [-0.39, 0.29) is 18.4 Å². The van der Waals surface area contributed by atoms with E-state index in [1.165, 1.54) is 53.4 Å². The molecule has 0 radical (unpaired) electrons. The number of nitrogens with zero attached hydrogens (tertiary/aromatic N) is 7. The SMILES string of the molecule is O=C(Nc1cccc(CN(Cc2cc(CN(Cc3ccccn3)Cc3cccc(NC(=O)c4ccc(F)cc4)n3)cc(OCCCCN3C(=O)c4ccccc4C3=O)c2)Cc2ccccn2)n1)c1ccc(F)cc1. The van der Waals surface area contributed by atoms with Crippen molar-refractivity contribution in [2.24, 2.45) is 0 Å². The van der Waals surface area contributed by atoms with Gasteiger partial charge in [0.2, 0.25) is 0 Å². The summed E-state index contributed by atoms with van der Waals surface area (Å²) in [6, 6.07) is 45.9. The van der Waals surface area contributed by atoms with Gasteiger partial charge in [0.05, 0.1) is 40.5 Å². The number of hydrogen-bond donors (Lipinski definition) is 2. The molecule has 2 N–H and O–H groups in total. The van der Waals surface area contributed by atoms with Crippen molar-refractivity contribution in [1.29, 1.82) is 0 Å². The molecule has 16 heteroatoms. The number of hydrogen-bond acceptors (Lipinski definition) is 11. The second-order valence-corrected chi connectivity index (χ2v) is 17.7. The van der Waals surface area contributed by atoms with Crippen LogP contribution in [0.15, 0.2) is 176 Å². The van der Waals surface area contributed by atoms with Crippen LogP contribution in [0.4, 0.5) is 20.4 Å². The minimum Gasteiger partial charge on any atom is -0.494 e. The number of benzene rings is 4. The van der Waals surface area contributed by atoms with E-state index in [1.54, 1.807) is 48.8 Å². The Balaban J connectivity index is 0.968. The van der Waals surface area contributed by atoms with Crippen LogP contribution < -0.4 is 15.4 Å². The Morgan fingerprint density at radius 3 is 1.41 bits per heavy atom. The second-order valence-electron chi connectivity index (χ2n) is 17.7. The lowest BCUT2D eigenvalue weighted by atomic mass is 10.1. The van der Waals surface area contributed by atoms with Gasteiger partial charge in [0, 0.05) is 69.3 Å². The molecule has 14 nitrogen and oxygen atoms in total. The van der Waals surface area contributed by atoms with Gasteiger partial charge in [0.25, 0.3) is 23.6 Å². The number of rotatable bonds is 22. The molecule has 74 heavy (non-hydrogen) atoms. The van der Waals surface area contributed by atoms with Crippen LogP contribution in [0.5, 0.6) is 5.75 Å². The molecule has 0 unspecified atom stereocenters. The molecule has 0 saturated carbocycles. The number of ether oxygens (including phenoxy) is 1. The van der Waals surface area contributed by atoms with E-state index in [4.69, 9.17) is 14.7 Å². The summed E-state index contributed by atoms with van der Waals surface area (Å²) in [5.41, 5.74) is 6.35. The van der Waals surface area contributed by atoms with Crippen LogP contribution in [0.1, 0.15) is 88.2 Å². The number of unbranched alkanes of at least 4 members (excludes halogenated alkanes) is 1.